The summed E-state index contributed by atoms with van der Waals surface area (Å²) < 4.78 is 5.22. The normalized spacial score (nSPS) is 13.2. The number of likely N-dealkylation sites (N-methyl/N-ethyl adjacent to an activating group) is 1. The first kappa shape index (κ1) is 10.9. The molecule has 12 heavy (non-hydrogen) atoms. The van der Waals surface area contributed by atoms with Gasteiger partial charge in [-0.25, -0.2) is 0 Å². The Kier molecular flexibility index (Phi) is 3.71. The first-order chi connectivity index (χ1) is 5.38. The van der Waals surface area contributed by atoms with E-state index in [0.29, 0.717) is 4.48 Å². The number of rotatable bonds is 3. The third kappa shape index (κ3) is 3.94. The van der Waals surface area contributed by atoms with E-state index < -0.39 is 0 Å². The number of esters is 1. The maximum atomic E-state index is 10.5. The van der Waals surface area contributed by atoms with Crippen LogP contribution in [0, 0.1) is 11.3 Å². The van der Waals surface area contributed by atoms with Crippen LogP contribution in [-0.4, -0.2) is 44.2 Å². The quantitative estimate of drug-likeness (QED) is 0.448. The lowest BCUT2D eigenvalue weighted by atomic mass is 10.3. The summed E-state index contributed by atoms with van der Waals surface area (Å²) in [5.41, 5.74) is 0. The van der Waals surface area contributed by atoms with Gasteiger partial charge in [-0.15, -0.1) is 0 Å². The van der Waals surface area contributed by atoms with E-state index in [-0.39, 0.29) is 18.6 Å². The summed E-state index contributed by atoms with van der Waals surface area (Å²) in [5.74, 6) is -0.344. The molecule has 0 bridgehead atoms. The van der Waals surface area contributed by atoms with Gasteiger partial charge >= 0.3 is 5.97 Å². The van der Waals surface area contributed by atoms with Crippen molar-refractivity contribution >= 4 is 5.97 Å². The van der Waals surface area contributed by atoms with Crippen molar-refractivity contribution in [2.24, 2.45) is 0 Å². The van der Waals surface area contributed by atoms with Crippen LogP contribution in [0.2, 0.25) is 0 Å². The van der Waals surface area contributed by atoms with E-state index in [4.69, 9.17) is 10.00 Å². The molecular weight excluding hydrogens is 156 g/mol. The number of carbonyl (C=O) groups excluding carboxylic acids is 1. The second-order valence-electron chi connectivity index (χ2n) is 3.56. The zero-order valence-electron chi connectivity index (χ0n) is 8.00. The van der Waals surface area contributed by atoms with Gasteiger partial charge in [-0.2, -0.15) is 5.26 Å². The van der Waals surface area contributed by atoms with Crippen molar-refractivity contribution in [2.75, 3.05) is 27.7 Å². The predicted octanol–water partition coefficient (Wildman–Crippen LogP) is 0.148. The molecule has 0 amide bonds. The van der Waals surface area contributed by atoms with Gasteiger partial charge < -0.3 is 9.22 Å². The van der Waals surface area contributed by atoms with Crippen LogP contribution in [-0.2, 0) is 9.53 Å². The van der Waals surface area contributed by atoms with Gasteiger partial charge in [0.25, 0.3) is 0 Å². The summed E-state index contributed by atoms with van der Waals surface area (Å²) in [6.45, 7) is 1.50. The smallest absolute Gasteiger partial charge is 0.302 e. The van der Waals surface area contributed by atoms with Crippen molar-refractivity contribution in [2.45, 2.75) is 13.0 Å². The fraction of sp³-hybridized carbons (Fsp3) is 0.750. The van der Waals surface area contributed by atoms with Crippen LogP contribution in [0.3, 0.4) is 0 Å². The SMILES string of the molecule is CC(=O)OCC(C#N)[N+](C)(C)C. The molecule has 0 aromatic carbocycles. The number of quaternary nitrogens is 1. The number of carbonyl (C=O) groups is 1. The standard InChI is InChI=1S/C8H15N2O2/c1-7(11)12-6-8(5-9)10(2,3)4/h8H,6H2,1-4H3/q+1. The second kappa shape index (κ2) is 4.07. The first-order valence-electron chi connectivity index (χ1n) is 3.72. The van der Waals surface area contributed by atoms with Crippen LogP contribution >= 0.6 is 0 Å². The number of nitrogens with zero attached hydrogens (tertiary/aromatic N) is 2. The Morgan fingerprint density at radius 1 is 1.58 bits per heavy atom. The van der Waals surface area contributed by atoms with Crippen molar-refractivity contribution in [1.29, 1.82) is 5.26 Å². The molecule has 1 atom stereocenters. The average molecular weight is 171 g/mol. The number of hydrogen-bond acceptors (Lipinski definition) is 3. The Morgan fingerprint density at radius 2 is 2.08 bits per heavy atom. The van der Waals surface area contributed by atoms with Gasteiger partial charge in [0.2, 0.25) is 6.04 Å². The monoisotopic (exact) mass is 171 g/mol. The molecule has 0 aromatic heterocycles. The molecule has 0 spiro atoms. The van der Waals surface area contributed by atoms with Gasteiger partial charge in [-0.05, 0) is 0 Å². The average Bonchev–Trinajstić information content (AvgIpc) is 1.85. The molecule has 0 aliphatic carbocycles. The fourth-order valence-corrected chi connectivity index (χ4v) is 0.630. The van der Waals surface area contributed by atoms with Gasteiger partial charge in [0.1, 0.15) is 6.07 Å². The topological polar surface area (TPSA) is 50.1 Å². The largest absolute Gasteiger partial charge is 0.458 e. The van der Waals surface area contributed by atoms with Crippen LogP contribution in [0.1, 0.15) is 6.92 Å². The summed E-state index contributed by atoms with van der Waals surface area (Å²) in [5, 5.41) is 8.72. The highest BCUT2D eigenvalue weighted by Gasteiger charge is 2.24. The minimum absolute atomic E-state index is 0.162. The Balaban J connectivity index is 4.04. The van der Waals surface area contributed by atoms with Crippen molar-refractivity contribution in [3.8, 4) is 6.07 Å². The first-order valence-corrected chi connectivity index (χ1v) is 3.72. The highest BCUT2D eigenvalue weighted by molar-refractivity contribution is 5.65. The molecule has 0 rings (SSSR count). The zero-order valence-corrected chi connectivity index (χ0v) is 8.00. The van der Waals surface area contributed by atoms with Gasteiger partial charge in [-0.1, -0.05) is 0 Å². The zero-order chi connectivity index (χ0) is 9.78. The van der Waals surface area contributed by atoms with E-state index in [1.54, 1.807) is 0 Å². The van der Waals surface area contributed by atoms with E-state index in [2.05, 4.69) is 6.07 Å². The van der Waals surface area contributed by atoms with Crippen LogP contribution in [0.4, 0.5) is 0 Å². The minimum Gasteiger partial charge on any atom is -0.458 e. The van der Waals surface area contributed by atoms with Crippen LogP contribution < -0.4 is 0 Å². The van der Waals surface area contributed by atoms with Gasteiger partial charge in [0.05, 0.1) is 21.1 Å². The maximum Gasteiger partial charge on any atom is 0.302 e. The maximum absolute atomic E-state index is 10.5. The van der Waals surface area contributed by atoms with E-state index >= 15 is 0 Å². The molecule has 0 radical (unpaired) electrons. The summed E-state index contributed by atoms with van der Waals surface area (Å²) in [6, 6.07) is 1.80. The third-order valence-electron chi connectivity index (χ3n) is 1.53. The minimum atomic E-state index is -0.344. The molecule has 0 saturated carbocycles. The highest BCUT2D eigenvalue weighted by atomic mass is 16.5. The molecule has 4 heteroatoms. The van der Waals surface area contributed by atoms with Crippen LogP contribution in [0.5, 0.6) is 0 Å². The van der Waals surface area contributed by atoms with E-state index in [1.807, 2.05) is 21.1 Å². The molecule has 0 N–H and O–H groups in total. The molecule has 0 heterocycles. The van der Waals surface area contributed by atoms with Crippen molar-refractivity contribution < 1.29 is 14.0 Å². The number of ether oxygens (including phenoxy) is 1. The molecule has 1 unspecified atom stereocenters. The molecule has 0 aliphatic heterocycles. The van der Waals surface area contributed by atoms with Crippen LogP contribution in [0.15, 0.2) is 0 Å². The molecule has 4 nitrogen and oxygen atoms in total. The second-order valence-corrected chi connectivity index (χ2v) is 3.56. The Labute approximate surface area is 72.9 Å². The van der Waals surface area contributed by atoms with E-state index in [9.17, 15) is 4.79 Å². The summed E-state index contributed by atoms with van der Waals surface area (Å²) in [6.07, 6.45) is 0. The summed E-state index contributed by atoms with van der Waals surface area (Å²) in [4.78, 5) is 10.5. The lowest BCUT2D eigenvalue weighted by molar-refractivity contribution is -0.887. The van der Waals surface area contributed by atoms with Crippen molar-refractivity contribution in [3.63, 3.8) is 0 Å². The third-order valence-corrected chi connectivity index (χ3v) is 1.53. The number of hydrogen-bond donors (Lipinski definition) is 0. The molecule has 0 saturated heterocycles. The van der Waals surface area contributed by atoms with E-state index in [1.165, 1.54) is 6.92 Å². The Bertz CT molecular complexity index is 200. The van der Waals surface area contributed by atoms with Crippen LogP contribution in [0.25, 0.3) is 0 Å². The summed E-state index contributed by atoms with van der Waals surface area (Å²) in [7, 11) is 5.66. The Hall–Kier alpha value is -1.08. The molecule has 68 valence electrons. The van der Waals surface area contributed by atoms with Gasteiger partial charge in [0.15, 0.2) is 6.61 Å². The predicted molar refractivity (Wildman–Crippen MR) is 44.1 cm³/mol. The number of nitriles is 1. The fourth-order valence-electron chi connectivity index (χ4n) is 0.630. The summed E-state index contributed by atoms with van der Waals surface area (Å²) >= 11 is 0. The van der Waals surface area contributed by atoms with Crippen molar-refractivity contribution in [3.05, 3.63) is 0 Å². The molecule has 0 aromatic rings. The lowest BCUT2D eigenvalue weighted by Gasteiger charge is -2.28. The van der Waals surface area contributed by atoms with Crippen molar-refractivity contribution in [1.82, 2.24) is 0 Å². The lowest BCUT2D eigenvalue weighted by Crippen LogP contribution is -2.47. The molecule has 0 fully saturated rings. The molecule has 0 aliphatic rings. The molecular formula is C8H15N2O2+. The van der Waals surface area contributed by atoms with Gasteiger partial charge in [-0.3, -0.25) is 4.79 Å². The Morgan fingerprint density at radius 3 is 2.33 bits per heavy atom. The highest BCUT2D eigenvalue weighted by Crippen LogP contribution is 2.01. The van der Waals surface area contributed by atoms with Gasteiger partial charge in [0, 0.05) is 6.92 Å². The van der Waals surface area contributed by atoms with E-state index in [0.717, 1.165) is 0 Å².